The molecule has 39 heavy (non-hydrogen) atoms. The van der Waals surface area contributed by atoms with Crippen molar-refractivity contribution < 1.29 is 33.6 Å². The van der Waals surface area contributed by atoms with Crippen LogP contribution >= 0.6 is 0 Å². The van der Waals surface area contributed by atoms with E-state index in [0.717, 1.165) is 5.56 Å². The van der Waals surface area contributed by atoms with Gasteiger partial charge in [0.2, 0.25) is 5.91 Å². The molecule has 2 aromatic rings. The standard InChI is InChI=1S/C30H41FN2O6/c1-19-7-6-8-20(15-19)27-22(31)9-10-25(38-3)28(27)30(36,11-4-5-13-37-2)26-18-33(12-14-39-26)29(35)21-16-23(32)24(34)17-21/h6-10,15,21,23-24,26,34,36H,4-5,11-14,16-18,32H2,1-3H3/t21-,23+,24-,26?,30-/m0/s1. The van der Waals surface area contributed by atoms with E-state index >= 15 is 4.39 Å². The highest BCUT2D eigenvalue weighted by Crippen LogP contribution is 2.46. The van der Waals surface area contributed by atoms with Crippen LogP contribution in [0.15, 0.2) is 36.4 Å². The molecular weight excluding hydrogens is 503 g/mol. The first kappa shape index (κ1) is 29.4. The molecule has 0 aromatic heterocycles. The summed E-state index contributed by atoms with van der Waals surface area (Å²) >= 11 is 0. The van der Waals surface area contributed by atoms with Crippen LogP contribution in [0, 0.1) is 18.7 Å². The second-order valence-corrected chi connectivity index (χ2v) is 10.8. The number of unbranched alkanes of at least 4 members (excludes halogenated alkanes) is 1. The van der Waals surface area contributed by atoms with Crippen molar-refractivity contribution in [2.75, 3.05) is 40.5 Å². The van der Waals surface area contributed by atoms with Crippen molar-refractivity contribution in [2.45, 2.75) is 62.9 Å². The van der Waals surface area contributed by atoms with Gasteiger partial charge in [0, 0.05) is 43.3 Å². The van der Waals surface area contributed by atoms with Crippen LogP contribution in [-0.4, -0.2) is 79.8 Å². The number of halogens is 1. The molecule has 1 amide bonds. The Morgan fingerprint density at radius 3 is 2.69 bits per heavy atom. The summed E-state index contributed by atoms with van der Waals surface area (Å²) in [6.07, 6.45) is 0.697. The molecule has 1 unspecified atom stereocenters. The molecule has 8 nitrogen and oxygen atoms in total. The molecule has 214 valence electrons. The fourth-order valence-electron chi connectivity index (χ4n) is 5.98. The van der Waals surface area contributed by atoms with Gasteiger partial charge in [-0.2, -0.15) is 0 Å². The lowest BCUT2D eigenvalue weighted by atomic mass is 9.78. The summed E-state index contributed by atoms with van der Waals surface area (Å²) in [4.78, 5) is 15.1. The Kier molecular flexibility index (Phi) is 9.61. The lowest BCUT2D eigenvalue weighted by Gasteiger charge is -2.44. The van der Waals surface area contributed by atoms with Gasteiger partial charge in [-0.25, -0.2) is 4.39 Å². The normalized spacial score (nSPS) is 24.9. The van der Waals surface area contributed by atoms with Crippen molar-refractivity contribution in [3.05, 3.63) is 53.3 Å². The van der Waals surface area contributed by atoms with Crippen molar-refractivity contribution in [3.8, 4) is 16.9 Å². The molecular formula is C30H41FN2O6. The fraction of sp³-hybridized carbons (Fsp3) is 0.567. The predicted molar refractivity (Wildman–Crippen MR) is 146 cm³/mol. The minimum Gasteiger partial charge on any atom is -0.496 e. The summed E-state index contributed by atoms with van der Waals surface area (Å²) in [6.45, 7) is 3.14. The minimum atomic E-state index is -1.68. The van der Waals surface area contributed by atoms with Gasteiger partial charge in [-0.15, -0.1) is 0 Å². The molecule has 9 heteroatoms. The number of aryl methyl sites for hydroxylation is 1. The minimum absolute atomic E-state index is 0.109. The van der Waals surface area contributed by atoms with E-state index in [4.69, 9.17) is 19.9 Å². The molecule has 0 bridgehead atoms. The Morgan fingerprint density at radius 2 is 2.03 bits per heavy atom. The lowest BCUT2D eigenvalue weighted by molar-refractivity contribution is -0.168. The monoisotopic (exact) mass is 544 g/mol. The number of aliphatic hydroxyl groups excluding tert-OH is 1. The van der Waals surface area contributed by atoms with Gasteiger partial charge in [-0.3, -0.25) is 4.79 Å². The molecule has 0 spiro atoms. The highest BCUT2D eigenvalue weighted by Gasteiger charge is 2.47. The largest absolute Gasteiger partial charge is 0.496 e. The van der Waals surface area contributed by atoms with Gasteiger partial charge in [-0.1, -0.05) is 29.8 Å². The summed E-state index contributed by atoms with van der Waals surface area (Å²) in [6, 6.07) is 9.91. The van der Waals surface area contributed by atoms with Gasteiger partial charge < -0.3 is 35.1 Å². The Hall–Kier alpha value is -2.56. The number of carbonyl (C=O) groups is 1. The Labute approximate surface area is 229 Å². The van der Waals surface area contributed by atoms with Crippen molar-refractivity contribution >= 4 is 5.91 Å². The molecule has 1 saturated heterocycles. The molecule has 0 radical (unpaired) electrons. The summed E-state index contributed by atoms with van der Waals surface area (Å²) in [5.41, 5.74) is 6.43. The number of hydrogen-bond acceptors (Lipinski definition) is 7. The lowest BCUT2D eigenvalue weighted by Crippen LogP contribution is -2.55. The number of nitrogens with two attached hydrogens (primary N) is 1. The van der Waals surface area contributed by atoms with E-state index in [0.29, 0.717) is 55.7 Å². The zero-order valence-electron chi connectivity index (χ0n) is 23.1. The van der Waals surface area contributed by atoms with Crippen LogP contribution in [0.25, 0.3) is 11.1 Å². The van der Waals surface area contributed by atoms with Crippen molar-refractivity contribution in [1.29, 1.82) is 0 Å². The second kappa shape index (κ2) is 12.7. The first-order valence-corrected chi connectivity index (χ1v) is 13.7. The van der Waals surface area contributed by atoms with Gasteiger partial charge in [-0.05, 0) is 56.7 Å². The van der Waals surface area contributed by atoms with Crippen LogP contribution in [0.1, 0.15) is 43.2 Å². The number of nitrogens with zero attached hydrogens (tertiary/aromatic N) is 1. The van der Waals surface area contributed by atoms with E-state index in [-0.39, 0.29) is 37.0 Å². The van der Waals surface area contributed by atoms with E-state index in [1.165, 1.54) is 19.2 Å². The molecule has 2 aromatic carbocycles. The third-order valence-corrected chi connectivity index (χ3v) is 8.07. The van der Waals surface area contributed by atoms with Gasteiger partial charge >= 0.3 is 0 Å². The van der Waals surface area contributed by atoms with E-state index in [9.17, 15) is 15.0 Å². The maximum Gasteiger partial charge on any atom is 0.226 e. The average Bonchev–Trinajstić information content (AvgIpc) is 3.28. The first-order valence-electron chi connectivity index (χ1n) is 13.7. The highest BCUT2D eigenvalue weighted by atomic mass is 19.1. The summed E-state index contributed by atoms with van der Waals surface area (Å²) in [5, 5.41) is 22.7. The summed E-state index contributed by atoms with van der Waals surface area (Å²) < 4.78 is 32.8. The number of hydrogen-bond donors (Lipinski definition) is 3. The molecule has 5 atom stereocenters. The van der Waals surface area contributed by atoms with E-state index in [2.05, 4.69) is 0 Å². The second-order valence-electron chi connectivity index (χ2n) is 10.8. The van der Waals surface area contributed by atoms with Crippen LogP contribution in [0.3, 0.4) is 0 Å². The molecule has 1 aliphatic carbocycles. The highest BCUT2D eigenvalue weighted by molar-refractivity contribution is 5.79. The maximum atomic E-state index is 15.7. The van der Waals surface area contributed by atoms with Crippen molar-refractivity contribution in [2.24, 2.45) is 11.7 Å². The quantitative estimate of drug-likeness (QED) is 0.394. The number of rotatable bonds is 10. The van der Waals surface area contributed by atoms with Gasteiger partial charge in [0.1, 0.15) is 23.3 Å². The van der Waals surface area contributed by atoms with Gasteiger partial charge in [0.05, 0.1) is 26.4 Å². The molecule has 4 N–H and O–H groups in total. The number of carbonyl (C=O) groups excluding carboxylic acids is 1. The zero-order valence-corrected chi connectivity index (χ0v) is 23.1. The van der Waals surface area contributed by atoms with Crippen LogP contribution in [0.5, 0.6) is 5.75 Å². The van der Waals surface area contributed by atoms with Crippen LogP contribution in [0.4, 0.5) is 4.39 Å². The molecule has 1 saturated carbocycles. The predicted octanol–water partition coefficient (Wildman–Crippen LogP) is 3.14. The van der Waals surface area contributed by atoms with Gasteiger partial charge in [0.15, 0.2) is 0 Å². The zero-order chi connectivity index (χ0) is 28.2. The molecule has 2 aliphatic rings. The Balaban J connectivity index is 1.76. The van der Waals surface area contributed by atoms with E-state index < -0.39 is 29.7 Å². The molecule has 4 rings (SSSR count). The number of aliphatic hydroxyl groups is 2. The first-order chi connectivity index (χ1) is 18.7. The molecule has 1 heterocycles. The molecule has 1 aliphatic heterocycles. The van der Waals surface area contributed by atoms with Crippen LogP contribution < -0.4 is 10.5 Å². The van der Waals surface area contributed by atoms with E-state index in [1.54, 1.807) is 12.0 Å². The van der Waals surface area contributed by atoms with Crippen molar-refractivity contribution in [1.82, 2.24) is 4.90 Å². The summed E-state index contributed by atoms with van der Waals surface area (Å²) in [7, 11) is 3.12. The number of methoxy groups -OCH3 is 2. The number of ether oxygens (including phenoxy) is 3. The SMILES string of the molecule is COCCCC[C@@](O)(c1c(OC)ccc(F)c1-c1cccc(C)c1)C1CN(C(=O)[C@H]2C[C@@H](N)[C@@H](O)C2)CCO1. The summed E-state index contributed by atoms with van der Waals surface area (Å²) in [5.74, 6) is -0.624. The molecule has 2 fully saturated rings. The van der Waals surface area contributed by atoms with Crippen LogP contribution in [-0.2, 0) is 19.9 Å². The third-order valence-electron chi connectivity index (χ3n) is 8.07. The van der Waals surface area contributed by atoms with Crippen molar-refractivity contribution in [3.63, 3.8) is 0 Å². The number of benzene rings is 2. The Morgan fingerprint density at radius 1 is 1.23 bits per heavy atom. The maximum absolute atomic E-state index is 15.7. The smallest absolute Gasteiger partial charge is 0.226 e. The Bertz CT molecular complexity index is 1140. The fourth-order valence-corrected chi connectivity index (χ4v) is 5.98. The topological polar surface area (TPSA) is 114 Å². The number of amides is 1. The van der Waals surface area contributed by atoms with E-state index in [1.807, 2.05) is 31.2 Å². The average molecular weight is 545 g/mol. The number of morpholine rings is 1. The third kappa shape index (κ3) is 6.28. The van der Waals surface area contributed by atoms with Gasteiger partial charge in [0.25, 0.3) is 0 Å². The van der Waals surface area contributed by atoms with Crippen LogP contribution in [0.2, 0.25) is 0 Å².